The predicted octanol–water partition coefficient (Wildman–Crippen LogP) is 4.15. The van der Waals surface area contributed by atoms with Crippen LogP contribution < -0.4 is 0 Å². The van der Waals surface area contributed by atoms with Crippen molar-refractivity contribution in [3.05, 3.63) is 28.1 Å². The molecule has 2 aromatic rings. The quantitative estimate of drug-likeness (QED) is 0.485. The molecule has 0 aliphatic heterocycles. The zero-order chi connectivity index (χ0) is 15.6. The number of aliphatic hydroxyl groups is 1. The molecule has 0 radical (unpaired) electrons. The maximum atomic E-state index is 9.51. The van der Waals surface area contributed by atoms with Gasteiger partial charge in [-0.1, -0.05) is 42.8 Å². The molecule has 2 heterocycles. The fraction of sp³-hybridized carbons (Fsp3) is 0.500. The standard InChI is InChI=1S/C14H20Cl2N2O2Si/c1-21(2,3)5-4-20-9-18-10(8-19)6-11-12(15)7-17-14(16)13(11)18/h6-7,19H,4-5,8-9H2,1-3H3. The molecule has 7 heteroatoms. The highest BCUT2D eigenvalue weighted by atomic mass is 35.5. The first-order valence-electron chi connectivity index (χ1n) is 6.84. The van der Waals surface area contributed by atoms with Gasteiger partial charge in [0.15, 0.2) is 5.15 Å². The summed E-state index contributed by atoms with van der Waals surface area (Å²) in [5, 5.41) is 11.2. The Bertz CT molecular complexity index is 638. The van der Waals surface area contributed by atoms with Crippen molar-refractivity contribution in [2.75, 3.05) is 6.61 Å². The van der Waals surface area contributed by atoms with Crippen LogP contribution >= 0.6 is 23.2 Å². The van der Waals surface area contributed by atoms with Crippen LogP contribution in [0.4, 0.5) is 0 Å². The molecule has 0 aromatic carbocycles. The average molecular weight is 347 g/mol. The van der Waals surface area contributed by atoms with Gasteiger partial charge in [0.1, 0.15) is 6.73 Å². The molecule has 21 heavy (non-hydrogen) atoms. The summed E-state index contributed by atoms with van der Waals surface area (Å²) in [5.41, 5.74) is 1.43. The topological polar surface area (TPSA) is 47.3 Å². The molecular formula is C14H20Cl2N2O2Si. The molecular weight excluding hydrogens is 327 g/mol. The van der Waals surface area contributed by atoms with Gasteiger partial charge >= 0.3 is 0 Å². The second-order valence-electron chi connectivity index (χ2n) is 6.23. The first-order chi connectivity index (χ1) is 9.83. The van der Waals surface area contributed by atoms with Crippen molar-refractivity contribution < 1.29 is 9.84 Å². The third-order valence-electron chi connectivity index (χ3n) is 3.31. The summed E-state index contributed by atoms with van der Waals surface area (Å²) in [7, 11) is -1.12. The van der Waals surface area contributed by atoms with E-state index in [2.05, 4.69) is 24.6 Å². The van der Waals surface area contributed by atoms with Gasteiger partial charge in [-0.25, -0.2) is 4.98 Å². The number of halogens is 2. The van der Waals surface area contributed by atoms with Gasteiger partial charge in [-0.15, -0.1) is 0 Å². The molecule has 0 unspecified atom stereocenters. The molecule has 2 aromatic heterocycles. The lowest BCUT2D eigenvalue weighted by Gasteiger charge is -2.16. The molecule has 0 atom stereocenters. The number of hydrogen-bond donors (Lipinski definition) is 1. The first kappa shape index (κ1) is 16.8. The molecule has 0 spiro atoms. The van der Waals surface area contributed by atoms with E-state index in [0.29, 0.717) is 29.0 Å². The van der Waals surface area contributed by atoms with Crippen molar-refractivity contribution in [1.82, 2.24) is 9.55 Å². The predicted molar refractivity (Wildman–Crippen MR) is 89.8 cm³/mol. The highest BCUT2D eigenvalue weighted by Crippen LogP contribution is 2.31. The van der Waals surface area contributed by atoms with Crippen molar-refractivity contribution in [2.45, 2.75) is 39.0 Å². The molecule has 0 aliphatic rings. The lowest BCUT2D eigenvalue weighted by atomic mass is 10.3. The van der Waals surface area contributed by atoms with Gasteiger partial charge in [-0.3, -0.25) is 0 Å². The summed E-state index contributed by atoms with van der Waals surface area (Å²) >= 11 is 12.3. The lowest BCUT2D eigenvalue weighted by molar-refractivity contribution is 0.0854. The molecule has 0 bridgehead atoms. The minimum Gasteiger partial charge on any atom is -0.390 e. The number of hydrogen-bond acceptors (Lipinski definition) is 3. The van der Waals surface area contributed by atoms with E-state index in [1.807, 2.05) is 10.6 Å². The number of aliphatic hydroxyl groups excluding tert-OH is 1. The fourth-order valence-corrected chi connectivity index (χ4v) is 3.27. The number of ether oxygens (including phenoxy) is 1. The lowest BCUT2D eigenvalue weighted by Crippen LogP contribution is -2.22. The maximum Gasteiger partial charge on any atom is 0.153 e. The summed E-state index contributed by atoms with van der Waals surface area (Å²) in [4.78, 5) is 4.06. The van der Waals surface area contributed by atoms with Crippen LogP contribution in [0.2, 0.25) is 35.9 Å². The van der Waals surface area contributed by atoms with Crippen LogP contribution in [0.5, 0.6) is 0 Å². The Morgan fingerprint density at radius 1 is 1.33 bits per heavy atom. The molecule has 1 N–H and O–H groups in total. The van der Waals surface area contributed by atoms with Crippen molar-refractivity contribution in [3.63, 3.8) is 0 Å². The first-order valence-corrected chi connectivity index (χ1v) is 11.3. The van der Waals surface area contributed by atoms with Gasteiger partial charge in [0.05, 0.1) is 17.1 Å². The van der Waals surface area contributed by atoms with Crippen LogP contribution in [0.25, 0.3) is 10.9 Å². The largest absolute Gasteiger partial charge is 0.390 e. The minimum absolute atomic E-state index is 0.0985. The van der Waals surface area contributed by atoms with Crippen LogP contribution in [-0.4, -0.2) is 29.3 Å². The smallest absolute Gasteiger partial charge is 0.153 e. The molecule has 0 saturated carbocycles. The Kier molecular flexibility index (Phi) is 5.32. The summed E-state index contributed by atoms with van der Waals surface area (Å²) < 4.78 is 7.59. The fourth-order valence-electron chi connectivity index (χ4n) is 2.06. The van der Waals surface area contributed by atoms with Crippen molar-refractivity contribution in [1.29, 1.82) is 0 Å². The Morgan fingerprint density at radius 3 is 2.67 bits per heavy atom. The minimum atomic E-state index is -1.12. The number of nitrogens with zero attached hydrogens (tertiary/aromatic N) is 2. The van der Waals surface area contributed by atoms with E-state index in [-0.39, 0.29) is 6.61 Å². The SMILES string of the molecule is C[Si](C)(C)CCOCn1c(CO)cc2c(Cl)cnc(Cl)c21. The molecule has 0 saturated heterocycles. The average Bonchev–Trinajstić information content (AvgIpc) is 2.78. The van der Waals surface area contributed by atoms with Crippen LogP contribution in [0, 0.1) is 0 Å². The summed E-state index contributed by atoms with van der Waals surface area (Å²) in [5.74, 6) is 0. The van der Waals surface area contributed by atoms with Crippen LogP contribution in [-0.2, 0) is 18.1 Å². The van der Waals surface area contributed by atoms with Crippen molar-refractivity contribution in [2.24, 2.45) is 0 Å². The molecule has 116 valence electrons. The van der Waals surface area contributed by atoms with E-state index >= 15 is 0 Å². The number of pyridine rings is 1. The molecule has 2 rings (SSSR count). The summed E-state index contributed by atoms with van der Waals surface area (Å²) in [6.45, 7) is 7.86. The zero-order valence-electron chi connectivity index (χ0n) is 12.5. The summed E-state index contributed by atoms with van der Waals surface area (Å²) in [6, 6.07) is 2.92. The van der Waals surface area contributed by atoms with Gasteiger partial charge in [-0.05, 0) is 12.1 Å². The maximum absolute atomic E-state index is 9.51. The number of fused-ring (bicyclic) bond motifs is 1. The van der Waals surface area contributed by atoms with E-state index in [1.54, 1.807) is 0 Å². The van der Waals surface area contributed by atoms with Gasteiger partial charge in [0.25, 0.3) is 0 Å². The molecule has 0 fully saturated rings. The Labute approximate surface area is 135 Å². The molecule has 4 nitrogen and oxygen atoms in total. The third kappa shape index (κ3) is 3.99. The second kappa shape index (κ2) is 6.67. The van der Waals surface area contributed by atoms with E-state index in [9.17, 15) is 5.11 Å². The molecule has 0 amide bonds. The van der Waals surface area contributed by atoms with E-state index < -0.39 is 8.07 Å². The number of aromatic nitrogens is 2. The second-order valence-corrected chi connectivity index (χ2v) is 12.6. The number of rotatable bonds is 6. The Morgan fingerprint density at radius 2 is 2.05 bits per heavy atom. The Hall–Kier alpha value is -0.593. The zero-order valence-corrected chi connectivity index (χ0v) is 15.0. The monoisotopic (exact) mass is 346 g/mol. The van der Waals surface area contributed by atoms with Crippen LogP contribution in [0.15, 0.2) is 12.3 Å². The van der Waals surface area contributed by atoms with E-state index in [4.69, 9.17) is 27.9 Å². The van der Waals surface area contributed by atoms with Gasteiger partial charge in [0.2, 0.25) is 0 Å². The highest BCUT2D eigenvalue weighted by molar-refractivity contribution is 6.76. The van der Waals surface area contributed by atoms with Gasteiger partial charge < -0.3 is 14.4 Å². The van der Waals surface area contributed by atoms with Crippen LogP contribution in [0.3, 0.4) is 0 Å². The highest BCUT2D eigenvalue weighted by Gasteiger charge is 2.16. The van der Waals surface area contributed by atoms with E-state index in [1.165, 1.54) is 6.20 Å². The van der Waals surface area contributed by atoms with Crippen LogP contribution in [0.1, 0.15) is 5.69 Å². The molecule has 0 aliphatic carbocycles. The Balaban J connectivity index is 2.24. The van der Waals surface area contributed by atoms with Gasteiger partial charge in [-0.2, -0.15) is 0 Å². The summed E-state index contributed by atoms with van der Waals surface area (Å²) in [6.07, 6.45) is 1.52. The normalized spacial score (nSPS) is 12.3. The van der Waals surface area contributed by atoms with Gasteiger partial charge in [0, 0.05) is 32.0 Å². The van der Waals surface area contributed by atoms with E-state index in [0.717, 1.165) is 17.1 Å². The van der Waals surface area contributed by atoms with Crippen molar-refractivity contribution in [3.8, 4) is 0 Å². The third-order valence-corrected chi connectivity index (χ3v) is 5.59. The van der Waals surface area contributed by atoms with Crippen molar-refractivity contribution >= 4 is 42.2 Å².